The minimum atomic E-state index is -0.501. The number of carbonyl (C=O) groups is 1. The lowest BCUT2D eigenvalue weighted by molar-refractivity contribution is -0.135. The number of aromatic nitrogens is 4. The number of amides is 1. The Morgan fingerprint density at radius 3 is 2.61 bits per heavy atom. The maximum absolute atomic E-state index is 17.3. The number of benzene rings is 2. The van der Waals surface area contributed by atoms with Gasteiger partial charge >= 0.3 is 0 Å². The van der Waals surface area contributed by atoms with E-state index in [1.54, 1.807) is 25.1 Å². The number of nitrogens with one attached hydrogen (secondary N) is 1. The smallest absolute Gasteiger partial charge is 0.226 e. The van der Waals surface area contributed by atoms with Crippen molar-refractivity contribution in [3.8, 4) is 17.2 Å². The van der Waals surface area contributed by atoms with Gasteiger partial charge in [-0.1, -0.05) is 35.3 Å². The number of rotatable bonds is 7. The van der Waals surface area contributed by atoms with Crippen molar-refractivity contribution in [2.45, 2.75) is 76.5 Å². The average molecular weight is 768 g/mol. The third-order valence-electron chi connectivity index (χ3n) is 12.8. The molecule has 54 heavy (non-hydrogen) atoms. The first-order chi connectivity index (χ1) is 26.1. The Morgan fingerprint density at radius 2 is 1.87 bits per heavy atom. The van der Waals surface area contributed by atoms with Gasteiger partial charge in [-0.05, 0) is 75.6 Å². The zero-order chi connectivity index (χ0) is 37.2. The molecule has 9 nitrogen and oxygen atoms in total. The van der Waals surface area contributed by atoms with Gasteiger partial charge in [0.05, 0.1) is 45.5 Å². The lowest BCUT2D eigenvalue weighted by Gasteiger charge is -2.40. The van der Waals surface area contributed by atoms with Crippen LogP contribution in [0.4, 0.5) is 14.6 Å². The third-order valence-corrected chi connectivity index (χ3v) is 13.6. The van der Waals surface area contributed by atoms with E-state index in [0.717, 1.165) is 48.8 Å². The Kier molecular flexibility index (Phi) is 7.96. The molecule has 6 aliphatic rings. The Bertz CT molecular complexity index is 2450. The second-order valence-corrected chi connectivity index (χ2v) is 16.7. The summed E-state index contributed by atoms with van der Waals surface area (Å²) in [5, 5.41) is 15.5. The Labute approximate surface area is 321 Å². The number of halogens is 4. The highest BCUT2D eigenvalue weighted by Gasteiger charge is 2.55. The van der Waals surface area contributed by atoms with Crippen molar-refractivity contribution in [2.75, 3.05) is 24.5 Å². The van der Waals surface area contributed by atoms with Crippen molar-refractivity contribution in [3.05, 3.63) is 81.0 Å². The van der Waals surface area contributed by atoms with Crippen molar-refractivity contribution >= 4 is 56.7 Å². The molecule has 0 spiro atoms. The Balaban J connectivity index is 1.21. The summed E-state index contributed by atoms with van der Waals surface area (Å²) in [5.74, 6) is -0.109. The van der Waals surface area contributed by atoms with E-state index in [9.17, 15) is 10.1 Å². The zero-order valence-corrected chi connectivity index (χ0v) is 31.4. The Morgan fingerprint density at radius 1 is 1.04 bits per heavy atom. The Hall–Kier alpha value is -4.37. The molecular formula is C41H38Cl2F2N8O. The van der Waals surface area contributed by atoms with Crippen LogP contribution in [-0.4, -0.2) is 62.0 Å². The second-order valence-electron chi connectivity index (χ2n) is 15.9. The fourth-order valence-electron chi connectivity index (χ4n) is 10.1. The van der Waals surface area contributed by atoms with Crippen LogP contribution in [0.5, 0.6) is 0 Å². The highest BCUT2D eigenvalue weighted by Crippen LogP contribution is 2.54. The lowest BCUT2D eigenvalue weighted by Crippen LogP contribution is -2.45. The number of carbonyl (C=O) groups excluding carboxylic acids is 1. The second kappa shape index (κ2) is 12.6. The van der Waals surface area contributed by atoms with Crippen LogP contribution in [0.1, 0.15) is 66.8 Å². The van der Waals surface area contributed by atoms with Gasteiger partial charge in [-0.15, -0.1) is 0 Å². The molecule has 5 aromatic rings. The molecule has 4 bridgehead atoms. The first kappa shape index (κ1) is 34.1. The average Bonchev–Trinajstić information content (AvgIpc) is 3.44. The van der Waals surface area contributed by atoms with Crippen LogP contribution < -0.4 is 10.2 Å². The van der Waals surface area contributed by atoms with Gasteiger partial charge in [-0.3, -0.25) is 4.79 Å². The number of fused-ring (bicyclic) bond motifs is 6. The van der Waals surface area contributed by atoms with Crippen molar-refractivity contribution in [1.82, 2.24) is 29.7 Å². The van der Waals surface area contributed by atoms with Crippen molar-refractivity contribution in [3.63, 3.8) is 0 Å². The molecule has 7 heterocycles. The summed E-state index contributed by atoms with van der Waals surface area (Å²) in [6.45, 7) is 5.47. The maximum atomic E-state index is 17.3. The van der Waals surface area contributed by atoms with Gasteiger partial charge in [-0.25, -0.2) is 23.7 Å². The van der Waals surface area contributed by atoms with Crippen molar-refractivity contribution in [2.24, 2.45) is 17.8 Å². The van der Waals surface area contributed by atoms with Crippen molar-refractivity contribution in [1.29, 1.82) is 5.26 Å². The molecule has 1 amide bonds. The van der Waals surface area contributed by atoms with E-state index in [1.807, 2.05) is 17.9 Å². The van der Waals surface area contributed by atoms with Crippen molar-refractivity contribution < 1.29 is 13.6 Å². The molecule has 11 rings (SSSR count). The van der Waals surface area contributed by atoms with Crippen LogP contribution in [-0.2, 0) is 11.2 Å². The number of piperidine rings is 1. The van der Waals surface area contributed by atoms with Crippen LogP contribution in [0.25, 0.3) is 32.9 Å². The number of likely N-dealkylation sites (tertiary alicyclic amines) is 1. The van der Waals surface area contributed by atoms with Crippen LogP contribution >= 0.6 is 23.2 Å². The predicted molar refractivity (Wildman–Crippen MR) is 203 cm³/mol. The molecule has 2 aromatic carbocycles. The first-order valence-corrected chi connectivity index (χ1v) is 19.7. The largest absolute Gasteiger partial charge is 0.352 e. The van der Waals surface area contributed by atoms with Gasteiger partial charge in [-0.2, -0.15) is 5.26 Å². The van der Waals surface area contributed by atoms with Gasteiger partial charge in [0.25, 0.3) is 0 Å². The minimum Gasteiger partial charge on any atom is -0.352 e. The van der Waals surface area contributed by atoms with E-state index in [4.69, 9.17) is 28.2 Å². The zero-order valence-electron chi connectivity index (χ0n) is 29.9. The summed E-state index contributed by atoms with van der Waals surface area (Å²) in [4.78, 5) is 31.9. The number of hydrogen-bond donors (Lipinski definition) is 1. The number of nitriles is 1. The fraction of sp³-hybridized carbons (Fsp3) is 0.439. The van der Waals surface area contributed by atoms with Gasteiger partial charge < -0.3 is 19.7 Å². The number of aryl methyl sites for hydroxylation is 3. The molecular weight excluding hydrogens is 729 g/mol. The fourth-order valence-corrected chi connectivity index (χ4v) is 10.5. The number of hydrogen-bond acceptors (Lipinski definition) is 7. The molecule has 6 atom stereocenters. The monoisotopic (exact) mass is 766 g/mol. The van der Waals surface area contributed by atoms with E-state index in [-0.39, 0.29) is 64.7 Å². The van der Waals surface area contributed by atoms with Gasteiger partial charge in [0, 0.05) is 77.2 Å². The molecule has 0 radical (unpaired) electrons. The molecule has 4 aliphatic heterocycles. The summed E-state index contributed by atoms with van der Waals surface area (Å²) >= 11 is 13.1. The van der Waals surface area contributed by atoms with E-state index in [0.29, 0.717) is 63.9 Å². The van der Waals surface area contributed by atoms with E-state index >= 15 is 8.78 Å². The number of anilines is 1. The van der Waals surface area contributed by atoms with Gasteiger partial charge in [0.2, 0.25) is 5.91 Å². The summed E-state index contributed by atoms with van der Waals surface area (Å²) in [6.07, 6.45) is 5.51. The van der Waals surface area contributed by atoms with Crippen LogP contribution in [0.15, 0.2) is 36.7 Å². The van der Waals surface area contributed by atoms with Gasteiger partial charge in [0.1, 0.15) is 11.8 Å². The summed E-state index contributed by atoms with van der Waals surface area (Å²) < 4.78 is 35.2. The molecule has 2 saturated carbocycles. The number of nitrogens with zero attached hydrogens (tertiary/aromatic N) is 7. The van der Waals surface area contributed by atoms with E-state index in [2.05, 4.69) is 36.9 Å². The molecule has 276 valence electrons. The molecule has 3 aromatic heterocycles. The highest BCUT2D eigenvalue weighted by molar-refractivity contribution is 6.43. The maximum Gasteiger partial charge on any atom is 0.226 e. The lowest BCUT2D eigenvalue weighted by atomic mass is 9.79. The normalized spacial score (nSPS) is 25.8. The summed E-state index contributed by atoms with van der Waals surface area (Å²) in [7, 11) is 0. The molecule has 0 unspecified atom stereocenters. The quantitative estimate of drug-likeness (QED) is 0.179. The van der Waals surface area contributed by atoms with E-state index < -0.39 is 11.6 Å². The predicted octanol–water partition coefficient (Wildman–Crippen LogP) is 8.03. The molecule has 2 aliphatic carbocycles. The van der Waals surface area contributed by atoms with Crippen LogP contribution in [0.3, 0.4) is 0 Å². The standard InChI is InChI=1S/C41H38Cl2F2N8O/c1-19-27-14-31(38-24-11-25(52(38)41(54)21-8-9-21)17-51(16-24)40-34(44)20(2)48-18-49-40)53(37-23-13-30(37)47-15-23)39(27)28-12-22(5-4-10-46)32(35(45)36(28)50-19)26-6-3-7-29(42)33(26)43/h3,6-7,12,14,18,21,23-25,30,37-38,47H,4-5,8-9,11,13,15-17H2,1-2H3/t23-,24+,25-,30-,37+,38-/m1/s1. The summed E-state index contributed by atoms with van der Waals surface area (Å²) in [5.41, 5.74) is 4.55. The van der Waals surface area contributed by atoms with E-state index in [1.165, 1.54) is 6.33 Å². The highest BCUT2D eigenvalue weighted by atomic mass is 35.5. The van der Waals surface area contributed by atoms with Crippen LogP contribution in [0, 0.1) is 54.6 Å². The first-order valence-electron chi connectivity index (χ1n) is 18.9. The molecule has 4 saturated heterocycles. The molecule has 6 fully saturated rings. The van der Waals surface area contributed by atoms with Crippen LogP contribution in [0.2, 0.25) is 10.0 Å². The SMILES string of the molecule is Cc1ncnc(N2C[C@@H]3C[C@H](C2)N(C(=O)C2CC2)[C@H]3c2cc3c(C)nc4c(F)c(-c5cccc(Cl)c5Cl)c(CCC#N)cc4c3n2[C@H]2[C@H]3CN[C@@H]2C3)c1F. The molecule has 13 heteroatoms. The third kappa shape index (κ3) is 5.02. The number of pyridine rings is 1. The van der Waals surface area contributed by atoms with Gasteiger partial charge in [0.15, 0.2) is 17.5 Å². The summed E-state index contributed by atoms with van der Waals surface area (Å²) in [6, 6.07) is 11.5. The minimum absolute atomic E-state index is 0.00420. The molecule has 1 N–H and O–H groups in total. The topological polar surface area (TPSA) is 103 Å².